The molecule has 30 heavy (non-hydrogen) atoms. The van der Waals surface area contributed by atoms with Gasteiger partial charge < -0.3 is 29.5 Å². The summed E-state index contributed by atoms with van der Waals surface area (Å²) in [6.45, 7) is 5.08. The van der Waals surface area contributed by atoms with Crippen molar-refractivity contribution in [3.63, 3.8) is 0 Å². The SMILES string of the molecule is CCOC(=O)/C=C(\O)c1cc(/C(O)=C/C(=O)OCC)cc(/C(O)=C/C(=O)OCC)c1. The summed E-state index contributed by atoms with van der Waals surface area (Å²) in [6, 6.07) is 3.78. The van der Waals surface area contributed by atoms with Crippen molar-refractivity contribution in [1.82, 2.24) is 0 Å². The molecule has 0 saturated heterocycles. The maximum atomic E-state index is 11.6. The Morgan fingerprint density at radius 1 is 0.633 bits per heavy atom. The molecular formula is C21H24O9. The largest absolute Gasteiger partial charge is 0.507 e. The highest BCUT2D eigenvalue weighted by molar-refractivity contribution is 5.93. The van der Waals surface area contributed by atoms with Crippen LogP contribution in [0.25, 0.3) is 17.3 Å². The predicted molar refractivity (Wildman–Crippen MR) is 108 cm³/mol. The molecule has 0 heterocycles. The summed E-state index contributed by atoms with van der Waals surface area (Å²) in [6.07, 6.45) is 2.43. The highest BCUT2D eigenvalue weighted by atomic mass is 16.5. The molecule has 0 spiro atoms. The molecule has 1 aromatic rings. The number of aliphatic hydroxyl groups is 3. The van der Waals surface area contributed by atoms with Gasteiger partial charge in [-0.15, -0.1) is 0 Å². The van der Waals surface area contributed by atoms with Gasteiger partial charge in [0.15, 0.2) is 0 Å². The van der Waals surface area contributed by atoms with Gasteiger partial charge in [-0.3, -0.25) is 0 Å². The summed E-state index contributed by atoms with van der Waals surface area (Å²) in [7, 11) is 0. The van der Waals surface area contributed by atoms with Crippen LogP contribution in [-0.2, 0) is 28.6 Å². The molecule has 9 nitrogen and oxygen atoms in total. The van der Waals surface area contributed by atoms with E-state index >= 15 is 0 Å². The number of carbonyl (C=O) groups is 3. The van der Waals surface area contributed by atoms with Crippen LogP contribution in [0, 0.1) is 0 Å². The minimum Gasteiger partial charge on any atom is -0.507 e. The lowest BCUT2D eigenvalue weighted by molar-refractivity contribution is -0.138. The molecule has 1 rings (SSSR count). The van der Waals surface area contributed by atoms with Crippen molar-refractivity contribution in [2.24, 2.45) is 0 Å². The molecule has 1 aromatic carbocycles. The fraction of sp³-hybridized carbons (Fsp3) is 0.286. The Balaban J connectivity index is 3.49. The zero-order chi connectivity index (χ0) is 22.7. The second-order valence-electron chi connectivity index (χ2n) is 5.64. The fourth-order valence-corrected chi connectivity index (χ4v) is 2.21. The van der Waals surface area contributed by atoms with E-state index in [1.165, 1.54) is 18.2 Å². The lowest BCUT2D eigenvalue weighted by Crippen LogP contribution is -2.03. The van der Waals surface area contributed by atoms with Crippen LogP contribution >= 0.6 is 0 Å². The number of aliphatic hydroxyl groups excluding tert-OH is 3. The first-order chi connectivity index (χ1) is 14.2. The van der Waals surface area contributed by atoms with Crippen LogP contribution in [0.1, 0.15) is 37.5 Å². The van der Waals surface area contributed by atoms with Gasteiger partial charge in [0, 0.05) is 16.7 Å². The number of esters is 3. The molecule has 0 aliphatic rings. The van der Waals surface area contributed by atoms with E-state index in [4.69, 9.17) is 14.2 Å². The summed E-state index contributed by atoms with van der Waals surface area (Å²) >= 11 is 0. The molecule has 0 saturated carbocycles. The normalized spacial score (nSPS) is 12.3. The molecule has 0 amide bonds. The molecular weight excluding hydrogens is 396 g/mol. The van der Waals surface area contributed by atoms with Crippen LogP contribution in [-0.4, -0.2) is 53.0 Å². The first-order valence-electron chi connectivity index (χ1n) is 9.10. The van der Waals surface area contributed by atoms with Gasteiger partial charge in [-0.2, -0.15) is 0 Å². The molecule has 3 N–H and O–H groups in total. The Labute approximate surface area is 173 Å². The van der Waals surface area contributed by atoms with E-state index in [9.17, 15) is 29.7 Å². The smallest absolute Gasteiger partial charge is 0.334 e. The number of rotatable bonds is 9. The number of carbonyl (C=O) groups excluding carboxylic acids is 3. The highest BCUT2D eigenvalue weighted by Gasteiger charge is 2.14. The maximum absolute atomic E-state index is 11.6. The van der Waals surface area contributed by atoms with Crippen molar-refractivity contribution in [3.05, 3.63) is 53.1 Å². The summed E-state index contributed by atoms with van der Waals surface area (Å²) in [5, 5.41) is 30.7. The van der Waals surface area contributed by atoms with E-state index in [-0.39, 0.29) is 36.5 Å². The Kier molecular flexibility index (Phi) is 9.67. The second kappa shape index (κ2) is 11.9. The van der Waals surface area contributed by atoms with E-state index < -0.39 is 35.2 Å². The third-order valence-electron chi connectivity index (χ3n) is 3.44. The Hall–Kier alpha value is -3.75. The molecule has 0 aliphatic carbocycles. The average molecular weight is 420 g/mol. The Morgan fingerprint density at radius 2 is 0.867 bits per heavy atom. The van der Waals surface area contributed by atoms with Crippen molar-refractivity contribution in [2.45, 2.75) is 20.8 Å². The van der Waals surface area contributed by atoms with Crippen molar-refractivity contribution >= 4 is 35.2 Å². The second-order valence-corrected chi connectivity index (χ2v) is 5.64. The minimum atomic E-state index is -0.806. The molecule has 0 fully saturated rings. The molecule has 0 aliphatic heterocycles. The van der Waals surface area contributed by atoms with E-state index in [0.29, 0.717) is 0 Å². The predicted octanol–water partition coefficient (Wildman–Crippen LogP) is 3.07. The van der Waals surface area contributed by atoms with Gasteiger partial charge in [0.2, 0.25) is 0 Å². The topological polar surface area (TPSA) is 140 Å². The van der Waals surface area contributed by atoms with Crippen LogP contribution in [0.5, 0.6) is 0 Å². The first-order valence-corrected chi connectivity index (χ1v) is 9.10. The third-order valence-corrected chi connectivity index (χ3v) is 3.44. The van der Waals surface area contributed by atoms with Crippen molar-refractivity contribution in [2.75, 3.05) is 19.8 Å². The number of hydrogen-bond donors (Lipinski definition) is 3. The highest BCUT2D eigenvalue weighted by Crippen LogP contribution is 2.24. The van der Waals surface area contributed by atoms with Crippen molar-refractivity contribution in [3.8, 4) is 0 Å². The van der Waals surface area contributed by atoms with Gasteiger partial charge in [-0.25, -0.2) is 14.4 Å². The van der Waals surface area contributed by atoms with Gasteiger partial charge in [-0.05, 0) is 39.0 Å². The summed E-state index contributed by atoms with van der Waals surface area (Å²) < 4.78 is 14.2. The first kappa shape index (κ1) is 24.3. The monoisotopic (exact) mass is 420 g/mol. The standard InChI is InChI=1S/C21H24O9/c1-4-28-19(25)10-16(22)13-7-14(17(23)11-20(26)29-5-2)9-15(8-13)18(24)12-21(27)30-6-3/h7-12,22-24H,4-6H2,1-3H3/b16-10-,17-11-,18-12-. The zero-order valence-corrected chi connectivity index (χ0v) is 16.9. The molecule has 0 aromatic heterocycles. The number of hydrogen-bond acceptors (Lipinski definition) is 9. The fourth-order valence-electron chi connectivity index (χ4n) is 2.21. The van der Waals surface area contributed by atoms with E-state index in [0.717, 1.165) is 18.2 Å². The van der Waals surface area contributed by atoms with Crippen molar-refractivity contribution in [1.29, 1.82) is 0 Å². The van der Waals surface area contributed by atoms with E-state index in [2.05, 4.69) is 0 Å². The third kappa shape index (κ3) is 7.70. The Bertz CT molecular complexity index is 752. The van der Waals surface area contributed by atoms with Gasteiger partial charge in [0.05, 0.1) is 38.0 Å². The molecule has 9 heteroatoms. The van der Waals surface area contributed by atoms with Gasteiger partial charge in [0.1, 0.15) is 17.3 Å². The lowest BCUT2D eigenvalue weighted by atomic mass is 10.0. The average Bonchev–Trinajstić information content (AvgIpc) is 2.67. The van der Waals surface area contributed by atoms with Crippen LogP contribution in [0.3, 0.4) is 0 Å². The Morgan fingerprint density at radius 3 is 1.07 bits per heavy atom. The number of ether oxygens (including phenoxy) is 3. The van der Waals surface area contributed by atoms with Crippen LogP contribution in [0.2, 0.25) is 0 Å². The van der Waals surface area contributed by atoms with Crippen LogP contribution in [0.4, 0.5) is 0 Å². The van der Waals surface area contributed by atoms with Crippen LogP contribution < -0.4 is 0 Å². The van der Waals surface area contributed by atoms with Crippen molar-refractivity contribution < 1.29 is 43.9 Å². The summed E-state index contributed by atoms with van der Waals surface area (Å²) in [5.74, 6) is -3.99. The molecule has 0 bridgehead atoms. The zero-order valence-electron chi connectivity index (χ0n) is 16.9. The maximum Gasteiger partial charge on any atom is 0.334 e. The van der Waals surface area contributed by atoms with Crippen LogP contribution in [0.15, 0.2) is 36.4 Å². The van der Waals surface area contributed by atoms with E-state index in [1.807, 2.05) is 0 Å². The molecule has 0 unspecified atom stereocenters. The number of benzene rings is 1. The summed E-state index contributed by atoms with van der Waals surface area (Å²) in [4.78, 5) is 34.8. The van der Waals surface area contributed by atoms with Gasteiger partial charge >= 0.3 is 17.9 Å². The van der Waals surface area contributed by atoms with Gasteiger partial charge in [0.25, 0.3) is 0 Å². The van der Waals surface area contributed by atoms with E-state index in [1.54, 1.807) is 20.8 Å². The lowest BCUT2D eigenvalue weighted by Gasteiger charge is -2.10. The van der Waals surface area contributed by atoms with Gasteiger partial charge in [-0.1, -0.05) is 0 Å². The quantitative estimate of drug-likeness (QED) is 0.238. The summed E-state index contributed by atoms with van der Waals surface area (Å²) in [5.41, 5.74) is 0.00881. The molecule has 162 valence electrons. The minimum absolute atomic E-state index is 0.00294. The molecule has 0 radical (unpaired) electrons. The molecule has 0 atom stereocenters.